The molecule has 1 aromatic rings. The van der Waals surface area contributed by atoms with Crippen molar-refractivity contribution in [1.29, 1.82) is 0 Å². The van der Waals surface area contributed by atoms with Gasteiger partial charge in [-0.05, 0) is 22.6 Å². The Hall–Kier alpha value is -0.300. The van der Waals surface area contributed by atoms with Crippen molar-refractivity contribution >= 4 is 34.2 Å². The van der Waals surface area contributed by atoms with Gasteiger partial charge in [0.15, 0.2) is 5.15 Å². The fourth-order valence-electron chi connectivity index (χ4n) is 0.509. The molecular weight excluding hydrogens is 282 g/mol. The molecule has 6 heteroatoms. The number of halogens is 2. The number of nitrogens with one attached hydrogen (secondary N) is 1. The van der Waals surface area contributed by atoms with Crippen LogP contribution in [0.4, 0.5) is 0 Å². The molecule has 0 aromatic carbocycles. The van der Waals surface area contributed by atoms with Gasteiger partial charge >= 0.3 is 0 Å². The molecule has 0 aliphatic carbocycles. The summed E-state index contributed by atoms with van der Waals surface area (Å²) in [7, 11) is 1.40. The highest BCUT2D eigenvalue weighted by atomic mass is 127. The minimum Gasteiger partial charge on any atom is -0.468 e. The van der Waals surface area contributed by atoms with Crippen molar-refractivity contribution < 1.29 is 4.74 Å². The Balaban J connectivity index is 3.32. The van der Waals surface area contributed by atoms with Crippen LogP contribution in [-0.2, 0) is 0 Å². The standard InChI is InChI=1S/C5H4ClIN2O2/c1-11-5-8-3(6)2(7)4(10)9-5/h1H3,(H,8,9,10). The van der Waals surface area contributed by atoms with Crippen LogP contribution in [0, 0.1) is 3.57 Å². The molecule has 1 heterocycles. The number of methoxy groups -OCH3 is 1. The molecule has 4 nitrogen and oxygen atoms in total. The number of hydrogen-bond donors (Lipinski definition) is 1. The van der Waals surface area contributed by atoms with Gasteiger partial charge in [0, 0.05) is 0 Å². The van der Waals surface area contributed by atoms with Gasteiger partial charge in [-0.2, -0.15) is 4.98 Å². The summed E-state index contributed by atoms with van der Waals surface area (Å²) in [6, 6.07) is 0.125. The quantitative estimate of drug-likeness (QED) is 0.620. The monoisotopic (exact) mass is 286 g/mol. The Morgan fingerprint density at radius 1 is 1.73 bits per heavy atom. The van der Waals surface area contributed by atoms with E-state index in [-0.39, 0.29) is 16.7 Å². The van der Waals surface area contributed by atoms with Crippen molar-refractivity contribution in [2.75, 3.05) is 7.11 Å². The summed E-state index contributed by atoms with van der Waals surface area (Å²) >= 11 is 7.39. The maximum Gasteiger partial charge on any atom is 0.297 e. The van der Waals surface area contributed by atoms with Gasteiger partial charge in [0.2, 0.25) is 0 Å². The van der Waals surface area contributed by atoms with Gasteiger partial charge in [0.25, 0.3) is 11.6 Å². The summed E-state index contributed by atoms with van der Waals surface area (Å²) in [5.41, 5.74) is -0.289. The third-order valence-corrected chi connectivity index (χ3v) is 2.59. The average molecular weight is 286 g/mol. The van der Waals surface area contributed by atoms with Crippen LogP contribution in [0.2, 0.25) is 5.15 Å². The van der Waals surface area contributed by atoms with Crippen LogP contribution >= 0.6 is 34.2 Å². The lowest BCUT2D eigenvalue weighted by Gasteiger charge is -1.98. The molecule has 0 bridgehead atoms. The van der Waals surface area contributed by atoms with Crippen LogP contribution in [0.5, 0.6) is 6.01 Å². The smallest absolute Gasteiger partial charge is 0.297 e. The maximum atomic E-state index is 11.0. The number of H-pyrrole nitrogens is 1. The molecule has 1 N–H and O–H groups in total. The second kappa shape index (κ2) is 3.40. The van der Waals surface area contributed by atoms with E-state index in [1.165, 1.54) is 7.11 Å². The van der Waals surface area contributed by atoms with Gasteiger partial charge in [0.1, 0.15) is 3.57 Å². The largest absolute Gasteiger partial charge is 0.468 e. The zero-order valence-corrected chi connectivity index (χ0v) is 8.43. The number of rotatable bonds is 1. The first-order valence-corrected chi connectivity index (χ1v) is 4.10. The van der Waals surface area contributed by atoms with Gasteiger partial charge in [-0.1, -0.05) is 11.6 Å². The van der Waals surface area contributed by atoms with E-state index in [9.17, 15) is 4.79 Å². The Morgan fingerprint density at radius 2 is 2.36 bits per heavy atom. The van der Waals surface area contributed by atoms with Crippen molar-refractivity contribution in [3.05, 3.63) is 19.1 Å². The maximum absolute atomic E-state index is 11.0. The van der Waals surface area contributed by atoms with Crippen LogP contribution in [-0.4, -0.2) is 17.1 Å². The number of hydrogen-bond acceptors (Lipinski definition) is 3. The van der Waals surface area contributed by atoms with Crippen LogP contribution < -0.4 is 10.3 Å². The molecule has 0 aliphatic heterocycles. The van der Waals surface area contributed by atoms with Gasteiger partial charge < -0.3 is 4.74 Å². The van der Waals surface area contributed by atoms with Gasteiger partial charge in [-0.15, -0.1) is 0 Å². The van der Waals surface area contributed by atoms with E-state index in [1.807, 2.05) is 22.6 Å². The summed E-state index contributed by atoms with van der Waals surface area (Å²) in [4.78, 5) is 17.1. The fraction of sp³-hybridized carbons (Fsp3) is 0.200. The van der Waals surface area contributed by atoms with Crippen LogP contribution in [0.15, 0.2) is 4.79 Å². The molecule has 0 aliphatic rings. The molecule has 11 heavy (non-hydrogen) atoms. The van der Waals surface area contributed by atoms with E-state index in [4.69, 9.17) is 11.6 Å². The predicted molar refractivity (Wildman–Crippen MR) is 49.1 cm³/mol. The van der Waals surface area contributed by atoms with E-state index in [1.54, 1.807) is 0 Å². The minimum absolute atomic E-state index is 0.125. The molecule has 1 aromatic heterocycles. The van der Waals surface area contributed by atoms with E-state index >= 15 is 0 Å². The molecule has 0 saturated heterocycles. The highest BCUT2D eigenvalue weighted by Gasteiger charge is 2.05. The highest BCUT2D eigenvalue weighted by molar-refractivity contribution is 14.1. The topological polar surface area (TPSA) is 55.0 Å². The van der Waals surface area contributed by atoms with Crippen molar-refractivity contribution in [1.82, 2.24) is 9.97 Å². The predicted octanol–water partition coefficient (Wildman–Crippen LogP) is 1.04. The molecule has 0 unspecified atom stereocenters. The number of ether oxygens (including phenoxy) is 1. The molecule has 60 valence electrons. The minimum atomic E-state index is -0.289. The number of nitrogens with zero attached hydrogens (tertiary/aromatic N) is 1. The summed E-state index contributed by atoms with van der Waals surface area (Å²) in [6.07, 6.45) is 0. The van der Waals surface area contributed by atoms with Crippen molar-refractivity contribution in [2.45, 2.75) is 0 Å². The lowest BCUT2D eigenvalue weighted by atomic mass is 10.7. The Bertz CT molecular complexity index is 325. The molecule has 0 spiro atoms. The fourth-order valence-corrected chi connectivity index (χ4v) is 0.927. The van der Waals surface area contributed by atoms with Gasteiger partial charge in [-0.3, -0.25) is 9.78 Å². The first-order chi connectivity index (χ1) is 5.15. The van der Waals surface area contributed by atoms with Crippen molar-refractivity contribution in [3.63, 3.8) is 0 Å². The molecule has 0 saturated carbocycles. The van der Waals surface area contributed by atoms with Gasteiger partial charge in [-0.25, -0.2) is 0 Å². The molecule has 0 atom stereocenters. The summed E-state index contributed by atoms with van der Waals surface area (Å²) in [5.74, 6) is 0. The molecule has 0 radical (unpaired) electrons. The summed E-state index contributed by atoms with van der Waals surface area (Å²) < 4.78 is 5.04. The van der Waals surface area contributed by atoms with E-state index in [0.29, 0.717) is 3.57 Å². The normalized spacial score (nSPS) is 9.73. The summed E-state index contributed by atoms with van der Waals surface area (Å²) in [6.45, 7) is 0. The number of aromatic amines is 1. The first-order valence-electron chi connectivity index (χ1n) is 2.64. The second-order valence-corrected chi connectivity index (χ2v) is 3.12. The summed E-state index contributed by atoms with van der Waals surface area (Å²) in [5, 5.41) is 0.159. The van der Waals surface area contributed by atoms with Crippen LogP contribution in [0.1, 0.15) is 0 Å². The average Bonchev–Trinajstić information content (AvgIpc) is 1.99. The Kier molecular flexibility index (Phi) is 2.72. The molecular formula is C5H4ClIN2O2. The van der Waals surface area contributed by atoms with E-state index in [2.05, 4.69) is 14.7 Å². The van der Waals surface area contributed by atoms with Crippen molar-refractivity contribution in [3.8, 4) is 6.01 Å². The second-order valence-electron chi connectivity index (χ2n) is 1.68. The molecule has 0 amide bonds. The highest BCUT2D eigenvalue weighted by Crippen LogP contribution is 2.12. The SMILES string of the molecule is COc1nc(Cl)c(I)c(=O)[nH]1. The van der Waals surface area contributed by atoms with E-state index in [0.717, 1.165) is 0 Å². The first kappa shape index (κ1) is 8.79. The lowest BCUT2D eigenvalue weighted by Crippen LogP contribution is -2.12. The lowest BCUT2D eigenvalue weighted by molar-refractivity contribution is 0.378. The molecule has 1 rings (SSSR count). The Labute approximate surface area is 81.1 Å². The zero-order valence-electron chi connectivity index (χ0n) is 5.52. The van der Waals surface area contributed by atoms with Crippen LogP contribution in [0.25, 0.3) is 0 Å². The zero-order chi connectivity index (χ0) is 8.43. The third-order valence-electron chi connectivity index (χ3n) is 0.994. The van der Waals surface area contributed by atoms with Crippen LogP contribution in [0.3, 0.4) is 0 Å². The number of aromatic nitrogens is 2. The van der Waals surface area contributed by atoms with Crippen molar-refractivity contribution in [2.24, 2.45) is 0 Å². The van der Waals surface area contributed by atoms with E-state index < -0.39 is 0 Å². The Morgan fingerprint density at radius 3 is 2.82 bits per heavy atom. The third kappa shape index (κ3) is 1.84. The van der Waals surface area contributed by atoms with Gasteiger partial charge in [0.05, 0.1) is 7.11 Å². The molecule has 0 fully saturated rings.